The van der Waals surface area contributed by atoms with E-state index in [4.69, 9.17) is 4.74 Å². The number of phenols is 1. The van der Waals surface area contributed by atoms with Crippen LogP contribution in [0.1, 0.15) is 43.9 Å². The van der Waals surface area contributed by atoms with Gasteiger partial charge in [0.25, 0.3) is 0 Å². The number of benzene rings is 1. The molecule has 2 aromatic heterocycles. The molecule has 0 amide bonds. The van der Waals surface area contributed by atoms with Gasteiger partial charge in [-0.3, -0.25) is 9.67 Å². The van der Waals surface area contributed by atoms with Crippen molar-refractivity contribution in [2.45, 2.75) is 38.8 Å². The second kappa shape index (κ2) is 9.73. The molecular formula is C23H23F3N4O2. The van der Waals surface area contributed by atoms with Crippen LogP contribution in [0.25, 0.3) is 22.4 Å². The van der Waals surface area contributed by atoms with Crippen LogP contribution >= 0.6 is 0 Å². The van der Waals surface area contributed by atoms with Crippen molar-refractivity contribution in [2.75, 3.05) is 6.61 Å². The fourth-order valence-electron chi connectivity index (χ4n) is 3.39. The Kier molecular flexibility index (Phi) is 7.03. The molecule has 0 saturated heterocycles. The summed E-state index contributed by atoms with van der Waals surface area (Å²) in [7, 11) is 1.37. The number of aromatic hydroxyl groups is 1. The van der Waals surface area contributed by atoms with Crippen LogP contribution in [-0.4, -0.2) is 26.5 Å². The largest absolute Gasteiger partial charge is 0.506 e. The molecule has 0 saturated carbocycles. The van der Waals surface area contributed by atoms with E-state index in [1.807, 2.05) is 6.07 Å². The fraction of sp³-hybridized carbons (Fsp3) is 0.348. The minimum atomic E-state index is -4.61. The van der Waals surface area contributed by atoms with E-state index >= 15 is 0 Å². The SMILES string of the molecule is CCCCCCOc1ccc(-c2cc(C(F)(F)F)nn2C)c(O)c1-c1cncc(C#N)c1. The molecule has 9 heteroatoms. The third-order valence-corrected chi connectivity index (χ3v) is 5.00. The molecule has 0 spiro atoms. The number of pyridine rings is 1. The lowest BCUT2D eigenvalue weighted by atomic mass is 9.98. The summed E-state index contributed by atoms with van der Waals surface area (Å²) in [6.45, 7) is 2.52. The predicted molar refractivity (Wildman–Crippen MR) is 113 cm³/mol. The summed E-state index contributed by atoms with van der Waals surface area (Å²) in [5.41, 5.74) is 0.158. The molecule has 3 rings (SSSR count). The van der Waals surface area contributed by atoms with Crippen LogP contribution in [-0.2, 0) is 13.2 Å². The summed E-state index contributed by atoms with van der Waals surface area (Å²) in [4.78, 5) is 4.04. The van der Waals surface area contributed by atoms with E-state index in [9.17, 15) is 23.5 Å². The molecule has 0 fully saturated rings. The number of ether oxygens (including phenoxy) is 1. The van der Waals surface area contributed by atoms with E-state index in [2.05, 4.69) is 17.0 Å². The van der Waals surface area contributed by atoms with Gasteiger partial charge in [-0.15, -0.1) is 0 Å². The first-order chi connectivity index (χ1) is 15.3. The topological polar surface area (TPSA) is 84.0 Å². The van der Waals surface area contributed by atoms with Crippen LogP contribution in [0.3, 0.4) is 0 Å². The number of aromatic nitrogens is 3. The highest BCUT2D eigenvalue weighted by Crippen LogP contribution is 2.45. The average molecular weight is 444 g/mol. The number of aryl methyl sites for hydroxylation is 1. The standard InChI is InChI=1S/C23H23F3N4O2/c1-3-4-5-6-9-32-19-8-7-17(18-11-20(23(24,25)26)29-30(18)2)22(31)21(19)16-10-15(12-27)13-28-14-16/h7-8,10-11,13-14,31H,3-6,9H2,1-2H3. The smallest absolute Gasteiger partial charge is 0.435 e. The van der Waals surface area contributed by atoms with Gasteiger partial charge in [-0.05, 0) is 30.7 Å². The summed E-state index contributed by atoms with van der Waals surface area (Å²) in [6, 6.07) is 7.52. The molecule has 0 bridgehead atoms. The summed E-state index contributed by atoms with van der Waals surface area (Å²) in [6.07, 6.45) is 2.22. The van der Waals surface area contributed by atoms with Crippen molar-refractivity contribution in [1.82, 2.24) is 14.8 Å². The van der Waals surface area contributed by atoms with Crippen LogP contribution in [0.5, 0.6) is 11.5 Å². The van der Waals surface area contributed by atoms with E-state index in [-0.39, 0.29) is 28.1 Å². The molecule has 168 valence electrons. The molecule has 1 N–H and O–H groups in total. The molecule has 0 aliphatic rings. The Balaban J connectivity index is 2.08. The fourth-order valence-corrected chi connectivity index (χ4v) is 3.39. The summed E-state index contributed by atoms with van der Waals surface area (Å²) >= 11 is 0. The monoisotopic (exact) mass is 444 g/mol. The zero-order chi connectivity index (χ0) is 23.3. The second-order valence-electron chi connectivity index (χ2n) is 7.35. The van der Waals surface area contributed by atoms with Gasteiger partial charge in [-0.1, -0.05) is 26.2 Å². The first-order valence-electron chi connectivity index (χ1n) is 10.2. The molecule has 3 aromatic rings. The molecule has 0 unspecified atom stereocenters. The average Bonchev–Trinajstić information content (AvgIpc) is 3.15. The number of alkyl halides is 3. The lowest BCUT2D eigenvalue weighted by Gasteiger charge is -2.16. The van der Waals surface area contributed by atoms with Gasteiger partial charge in [0.05, 0.1) is 23.4 Å². The molecule has 0 radical (unpaired) electrons. The number of nitrogens with zero attached hydrogens (tertiary/aromatic N) is 4. The van der Waals surface area contributed by atoms with E-state index in [1.54, 1.807) is 12.1 Å². The summed E-state index contributed by atoms with van der Waals surface area (Å²) in [5, 5.41) is 23.8. The maximum atomic E-state index is 13.1. The third kappa shape index (κ3) is 5.02. The highest BCUT2D eigenvalue weighted by molar-refractivity contribution is 5.85. The van der Waals surface area contributed by atoms with E-state index < -0.39 is 11.9 Å². The molecule has 2 heterocycles. The first kappa shape index (κ1) is 23.1. The van der Waals surface area contributed by atoms with Gasteiger partial charge in [0.2, 0.25) is 0 Å². The number of hydrogen-bond donors (Lipinski definition) is 1. The number of phenolic OH excluding ortho intramolecular Hbond substituents is 1. The quantitative estimate of drug-likeness (QED) is 0.450. The van der Waals surface area contributed by atoms with Crippen LogP contribution in [0.15, 0.2) is 36.7 Å². The molecule has 32 heavy (non-hydrogen) atoms. The van der Waals surface area contributed by atoms with Crippen molar-refractivity contribution >= 4 is 0 Å². The van der Waals surface area contributed by atoms with Gasteiger partial charge in [-0.2, -0.15) is 23.5 Å². The van der Waals surface area contributed by atoms with Crippen molar-refractivity contribution < 1.29 is 23.0 Å². The lowest BCUT2D eigenvalue weighted by molar-refractivity contribution is -0.141. The van der Waals surface area contributed by atoms with Gasteiger partial charge < -0.3 is 9.84 Å². The summed E-state index contributed by atoms with van der Waals surface area (Å²) in [5.74, 6) is 0.0857. The number of hydrogen-bond acceptors (Lipinski definition) is 5. The Hall–Kier alpha value is -3.54. The molecule has 1 aromatic carbocycles. The third-order valence-electron chi connectivity index (χ3n) is 5.00. The summed E-state index contributed by atoms with van der Waals surface area (Å²) < 4.78 is 46.3. The Labute approximate surface area is 183 Å². The lowest BCUT2D eigenvalue weighted by Crippen LogP contribution is -2.06. The zero-order valence-electron chi connectivity index (χ0n) is 17.8. The number of unbranched alkanes of at least 4 members (excludes halogenated alkanes) is 3. The predicted octanol–water partition coefficient (Wildman–Crippen LogP) is 5.70. The molecule has 0 atom stereocenters. The maximum absolute atomic E-state index is 13.1. The Morgan fingerprint density at radius 3 is 2.59 bits per heavy atom. The van der Waals surface area contributed by atoms with E-state index in [0.717, 1.165) is 36.4 Å². The molecule has 0 aliphatic carbocycles. The van der Waals surface area contributed by atoms with Crippen LogP contribution in [0.2, 0.25) is 0 Å². The van der Waals surface area contributed by atoms with Crippen molar-refractivity contribution in [3.8, 4) is 40.0 Å². The van der Waals surface area contributed by atoms with Crippen LogP contribution in [0.4, 0.5) is 13.2 Å². The molecular weight excluding hydrogens is 421 g/mol. The van der Waals surface area contributed by atoms with Gasteiger partial charge in [-0.25, -0.2) is 0 Å². The van der Waals surface area contributed by atoms with E-state index in [0.29, 0.717) is 17.9 Å². The maximum Gasteiger partial charge on any atom is 0.435 e. The van der Waals surface area contributed by atoms with Gasteiger partial charge in [0, 0.05) is 30.6 Å². The van der Waals surface area contributed by atoms with Gasteiger partial charge >= 0.3 is 6.18 Å². The van der Waals surface area contributed by atoms with Gasteiger partial charge in [0.1, 0.15) is 17.6 Å². The highest BCUT2D eigenvalue weighted by Gasteiger charge is 2.35. The minimum absolute atomic E-state index is 0.0926. The first-order valence-corrected chi connectivity index (χ1v) is 10.2. The number of rotatable bonds is 8. The number of halogens is 3. The highest BCUT2D eigenvalue weighted by atomic mass is 19.4. The van der Waals surface area contributed by atoms with Crippen LogP contribution < -0.4 is 4.74 Å². The van der Waals surface area contributed by atoms with Crippen LogP contribution in [0, 0.1) is 11.3 Å². The van der Waals surface area contributed by atoms with Crippen molar-refractivity contribution in [2.24, 2.45) is 7.05 Å². The number of nitriles is 1. The Morgan fingerprint density at radius 1 is 1.16 bits per heavy atom. The van der Waals surface area contributed by atoms with Gasteiger partial charge in [0.15, 0.2) is 5.69 Å². The minimum Gasteiger partial charge on any atom is -0.506 e. The second-order valence-corrected chi connectivity index (χ2v) is 7.35. The molecule has 6 nitrogen and oxygen atoms in total. The van der Waals surface area contributed by atoms with Crippen molar-refractivity contribution in [1.29, 1.82) is 5.26 Å². The zero-order valence-corrected chi connectivity index (χ0v) is 17.8. The van der Waals surface area contributed by atoms with E-state index in [1.165, 1.54) is 25.5 Å². The van der Waals surface area contributed by atoms with Crippen molar-refractivity contribution in [3.63, 3.8) is 0 Å². The Morgan fingerprint density at radius 2 is 1.94 bits per heavy atom. The van der Waals surface area contributed by atoms with Crippen molar-refractivity contribution in [3.05, 3.63) is 47.9 Å². The normalized spacial score (nSPS) is 11.4. The Bertz CT molecular complexity index is 1130. The molecule has 0 aliphatic heterocycles.